The first-order valence-corrected chi connectivity index (χ1v) is 6.59. The average Bonchev–Trinajstić information content (AvgIpc) is 2.51. The van der Waals surface area contributed by atoms with Crippen LogP contribution in [0.5, 0.6) is 0 Å². The van der Waals surface area contributed by atoms with Crippen molar-refractivity contribution in [3.05, 3.63) is 0 Å². The summed E-state index contributed by atoms with van der Waals surface area (Å²) in [6, 6.07) is -0.894. The van der Waals surface area contributed by atoms with Gasteiger partial charge in [-0.05, 0) is 18.8 Å². The van der Waals surface area contributed by atoms with Gasteiger partial charge < -0.3 is 10.8 Å². The first-order chi connectivity index (χ1) is 6.80. The smallest absolute Gasteiger partial charge is 0.320 e. The Labute approximate surface area is 89.1 Å². The molecule has 0 bridgehead atoms. The van der Waals surface area contributed by atoms with Crippen LogP contribution in [0.2, 0.25) is 0 Å². The average molecular weight is 236 g/mol. The van der Waals surface area contributed by atoms with Crippen LogP contribution in [0.4, 0.5) is 0 Å². The first kappa shape index (κ1) is 12.4. The molecule has 15 heavy (non-hydrogen) atoms. The van der Waals surface area contributed by atoms with Gasteiger partial charge in [-0.15, -0.1) is 0 Å². The highest BCUT2D eigenvalue weighted by Crippen LogP contribution is 2.22. The highest BCUT2D eigenvalue weighted by Gasteiger charge is 2.30. The Balaban J connectivity index is 2.47. The summed E-state index contributed by atoms with van der Waals surface area (Å²) in [7, 11) is -3.15. The molecule has 0 spiro atoms. The van der Waals surface area contributed by atoms with Gasteiger partial charge in [-0.3, -0.25) is 4.79 Å². The molecule has 0 saturated carbocycles. The fraction of sp³-hybridized carbons (Fsp3) is 0.875. The molecule has 0 aliphatic carbocycles. The molecule has 88 valence electrons. The van der Waals surface area contributed by atoms with E-state index in [2.05, 4.69) is 0 Å². The third-order valence-corrected chi connectivity index (χ3v) is 3.89. The van der Waals surface area contributed by atoms with Gasteiger partial charge in [0.2, 0.25) is 10.0 Å². The lowest BCUT2D eigenvalue weighted by atomic mass is 10.00. The molecule has 0 amide bonds. The van der Waals surface area contributed by atoms with Gasteiger partial charge in [-0.1, -0.05) is 0 Å². The maximum atomic E-state index is 11.2. The Morgan fingerprint density at radius 3 is 2.67 bits per heavy atom. The molecule has 0 aromatic heterocycles. The van der Waals surface area contributed by atoms with Crippen molar-refractivity contribution in [1.29, 1.82) is 0 Å². The Morgan fingerprint density at radius 1 is 1.67 bits per heavy atom. The van der Waals surface area contributed by atoms with E-state index in [1.165, 1.54) is 4.31 Å². The number of hydrogen-bond donors (Lipinski definition) is 2. The second-order valence-electron chi connectivity index (χ2n) is 3.96. The molecule has 1 fully saturated rings. The number of carbonyl (C=O) groups is 1. The van der Waals surface area contributed by atoms with Crippen LogP contribution in [0.15, 0.2) is 0 Å². The molecule has 0 aromatic carbocycles. The standard InChI is InChI=1S/C8H16N2O4S/c1-15(13,14)10-3-2-6(5-10)4-7(9)8(11)12/h6-7H,2-5,9H2,1H3,(H,11,12)/t6?,7-/m0/s1. The minimum Gasteiger partial charge on any atom is -0.480 e. The molecular weight excluding hydrogens is 220 g/mol. The molecule has 0 radical (unpaired) electrons. The minimum atomic E-state index is -3.15. The monoisotopic (exact) mass is 236 g/mol. The molecule has 1 aliphatic rings. The first-order valence-electron chi connectivity index (χ1n) is 4.74. The van der Waals surface area contributed by atoms with Crippen molar-refractivity contribution in [2.45, 2.75) is 18.9 Å². The van der Waals surface area contributed by atoms with E-state index in [1.54, 1.807) is 0 Å². The Bertz CT molecular complexity index is 341. The molecule has 1 unspecified atom stereocenters. The molecule has 7 heteroatoms. The van der Waals surface area contributed by atoms with Crippen molar-refractivity contribution in [3.8, 4) is 0 Å². The predicted molar refractivity (Wildman–Crippen MR) is 54.8 cm³/mol. The molecular formula is C8H16N2O4S. The van der Waals surface area contributed by atoms with Crippen LogP contribution in [0.3, 0.4) is 0 Å². The number of aliphatic carboxylic acids is 1. The summed E-state index contributed by atoms with van der Waals surface area (Å²) in [5.74, 6) is -0.973. The van der Waals surface area contributed by atoms with Gasteiger partial charge in [-0.2, -0.15) is 0 Å². The minimum absolute atomic E-state index is 0.0609. The van der Waals surface area contributed by atoms with E-state index in [1.807, 2.05) is 0 Å². The Kier molecular flexibility index (Phi) is 3.69. The van der Waals surface area contributed by atoms with Gasteiger partial charge in [0.25, 0.3) is 0 Å². The Hall–Kier alpha value is -0.660. The van der Waals surface area contributed by atoms with E-state index >= 15 is 0 Å². The van der Waals surface area contributed by atoms with Gasteiger partial charge in [-0.25, -0.2) is 12.7 Å². The van der Waals surface area contributed by atoms with E-state index in [0.717, 1.165) is 6.26 Å². The van der Waals surface area contributed by atoms with Crippen molar-refractivity contribution in [1.82, 2.24) is 4.31 Å². The molecule has 1 heterocycles. The largest absolute Gasteiger partial charge is 0.480 e. The fourth-order valence-corrected chi connectivity index (χ4v) is 2.67. The zero-order valence-electron chi connectivity index (χ0n) is 8.59. The fourth-order valence-electron chi connectivity index (χ4n) is 1.75. The van der Waals surface area contributed by atoms with E-state index in [-0.39, 0.29) is 5.92 Å². The van der Waals surface area contributed by atoms with Gasteiger partial charge in [0.05, 0.1) is 6.26 Å². The van der Waals surface area contributed by atoms with E-state index in [4.69, 9.17) is 10.8 Å². The third kappa shape index (κ3) is 3.44. The normalized spacial score (nSPS) is 25.3. The molecule has 1 saturated heterocycles. The van der Waals surface area contributed by atoms with Crippen molar-refractivity contribution >= 4 is 16.0 Å². The molecule has 6 nitrogen and oxygen atoms in total. The second-order valence-corrected chi connectivity index (χ2v) is 5.94. The van der Waals surface area contributed by atoms with Crippen LogP contribution in [0.25, 0.3) is 0 Å². The number of carboxylic acids is 1. The number of nitrogens with two attached hydrogens (primary N) is 1. The zero-order valence-corrected chi connectivity index (χ0v) is 9.40. The number of carboxylic acid groups (broad SMARTS) is 1. The lowest BCUT2D eigenvalue weighted by Crippen LogP contribution is -2.33. The number of hydrogen-bond acceptors (Lipinski definition) is 4. The lowest BCUT2D eigenvalue weighted by molar-refractivity contribution is -0.138. The zero-order chi connectivity index (χ0) is 11.6. The molecule has 3 N–H and O–H groups in total. The van der Waals surface area contributed by atoms with Crippen LogP contribution in [0.1, 0.15) is 12.8 Å². The van der Waals surface area contributed by atoms with Crippen LogP contribution in [-0.4, -0.2) is 49.2 Å². The summed E-state index contributed by atoms with van der Waals surface area (Å²) < 4.78 is 23.7. The van der Waals surface area contributed by atoms with Crippen LogP contribution < -0.4 is 5.73 Å². The number of nitrogens with zero attached hydrogens (tertiary/aromatic N) is 1. The van der Waals surface area contributed by atoms with Gasteiger partial charge in [0.15, 0.2) is 0 Å². The molecule has 0 aromatic rings. The van der Waals surface area contributed by atoms with Gasteiger partial charge in [0, 0.05) is 13.1 Å². The summed E-state index contributed by atoms with van der Waals surface area (Å²) in [6.07, 6.45) is 2.18. The number of rotatable bonds is 4. The van der Waals surface area contributed by atoms with Gasteiger partial charge in [0.1, 0.15) is 6.04 Å². The maximum absolute atomic E-state index is 11.2. The van der Waals surface area contributed by atoms with Gasteiger partial charge >= 0.3 is 5.97 Å². The lowest BCUT2D eigenvalue weighted by Gasteiger charge is -2.14. The Morgan fingerprint density at radius 2 is 2.27 bits per heavy atom. The highest BCUT2D eigenvalue weighted by molar-refractivity contribution is 7.88. The predicted octanol–water partition coefficient (Wildman–Crippen LogP) is -0.930. The third-order valence-electron chi connectivity index (χ3n) is 2.62. The van der Waals surface area contributed by atoms with Crippen molar-refractivity contribution in [3.63, 3.8) is 0 Å². The quantitative estimate of drug-likeness (QED) is 0.656. The molecule has 1 aliphatic heterocycles. The van der Waals surface area contributed by atoms with Crippen LogP contribution in [0, 0.1) is 5.92 Å². The summed E-state index contributed by atoms with van der Waals surface area (Å²) in [6.45, 7) is 0.857. The topological polar surface area (TPSA) is 101 Å². The van der Waals surface area contributed by atoms with E-state index in [9.17, 15) is 13.2 Å². The van der Waals surface area contributed by atoms with E-state index in [0.29, 0.717) is 25.9 Å². The van der Waals surface area contributed by atoms with E-state index < -0.39 is 22.0 Å². The van der Waals surface area contributed by atoms with Crippen LogP contribution in [-0.2, 0) is 14.8 Å². The van der Waals surface area contributed by atoms with Crippen molar-refractivity contribution in [2.75, 3.05) is 19.3 Å². The second kappa shape index (κ2) is 4.46. The molecule has 2 atom stereocenters. The summed E-state index contributed by atoms with van der Waals surface area (Å²) in [5.41, 5.74) is 5.38. The molecule has 1 rings (SSSR count). The summed E-state index contributed by atoms with van der Waals surface area (Å²) >= 11 is 0. The maximum Gasteiger partial charge on any atom is 0.320 e. The van der Waals surface area contributed by atoms with Crippen molar-refractivity contribution < 1.29 is 18.3 Å². The highest BCUT2D eigenvalue weighted by atomic mass is 32.2. The van der Waals surface area contributed by atoms with Crippen molar-refractivity contribution in [2.24, 2.45) is 11.7 Å². The SMILES string of the molecule is CS(=O)(=O)N1CCC(C[C@H](N)C(=O)O)C1. The summed E-state index contributed by atoms with van der Waals surface area (Å²) in [4.78, 5) is 10.5. The van der Waals surface area contributed by atoms with Crippen LogP contribution >= 0.6 is 0 Å². The number of sulfonamides is 1. The summed E-state index contributed by atoms with van der Waals surface area (Å²) in [5, 5.41) is 8.61.